The molecule has 2 aromatic rings. The van der Waals surface area contributed by atoms with Gasteiger partial charge in [0.2, 0.25) is 5.91 Å². The van der Waals surface area contributed by atoms with Crippen molar-refractivity contribution in [1.82, 2.24) is 24.5 Å². The molecule has 0 unspecified atom stereocenters. The van der Waals surface area contributed by atoms with Crippen LogP contribution in [0.15, 0.2) is 47.3 Å². The molecule has 0 N–H and O–H groups in total. The zero-order valence-corrected chi connectivity index (χ0v) is 18.1. The van der Waals surface area contributed by atoms with Crippen LogP contribution < -0.4 is 10.3 Å². The molecule has 2 amide bonds. The number of rotatable bonds is 7. The van der Waals surface area contributed by atoms with Crippen molar-refractivity contribution < 1.29 is 14.3 Å². The largest absolute Gasteiger partial charge is 0.492 e. The van der Waals surface area contributed by atoms with Crippen LogP contribution in [0.5, 0.6) is 5.75 Å². The average molecular weight is 428 g/mol. The van der Waals surface area contributed by atoms with E-state index in [1.165, 1.54) is 16.8 Å². The summed E-state index contributed by atoms with van der Waals surface area (Å²) in [6, 6.07) is 12.2. The van der Waals surface area contributed by atoms with Crippen molar-refractivity contribution in [2.75, 3.05) is 53.4 Å². The molecule has 1 aromatic heterocycles. The standard InChI is InChI=1S/C22H29N5O4/c1-24(2)21(29)17-25-11-6-12-26(14-13-25)22(30)19-9-10-20(28)27(23-19)15-16-31-18-7-4-3-5-8-18/h3-5,7-10H,6,11-17H2,1-2H3. The molecular formula is C22H29N5O4. The van der Waals surface area contributed by atoms with Gasteiger partial charge >= 0.3 is 0 Å². The first-order valence-electron chi connectivity index (χ1n) is 10.4. The third-order valence-electron chi connectivity index (χ3n) is 5.13. The third-order valence-corrected chi connectivity index (χ3v) is 5.13. The van der Waals surface area contributed by atoms with Crippen LogP contribution in [0, 0.1) is 0 Å². The van der Waals surface area contributed by atoms with E-state index < -0.39 is 0 Å². The molecule has 31 heavy (non-hydrogen) atoms. The summed E-state index contributed by atoms with van der Waals surface area (Å²) in [4.78, 5) is 42.4. The van der Waals surface area contributed by atoms with Crippen LogP contribution in [0.1, 0.15) is 16.9 Å². The fraction of sp³-hybridized carbons (Fsp3) is 0.455. The quantitative estimate of drug-likeness (QED) is 0.642. The molecule has 1 aliphatic rings. The highest BCUT2D eigenvalue weighted by atomic mass is 16.5. The van der Waals surface area contributed by atoms with Crippen LogP contribution >= 0.6 is 0 Å². The fourth-order valence-corrected chi connectivity index (χ4v) is 3.32. The number of aromatic nitrogens is 2. The van der Waals surface area contributed by atoms with Gasteiger partial charge in [-0.3, -0.25) is 19.3 Å². The van der Waals surface area contributed by atoms with Crippen molar-refractivity contribution in [2.24, 2.45) is 0 Å². The molecule has 166 valence electrons. The van der Waals surface area contributed by atoms with Crippen LogP contribution in [0.2, 0.25) is 0 Å². The minimum Gasteiger partial charge on any atom is -0.492 e. The van der Waals surface area contributed by atoms with E-state index in [0.29, 0.717) is 31.9 Å². The number of benzene rings is 1. The first-order chi connectivity index (χ1) is 14.9. The van der Waals surface area contributed by atoms with E-state index in [1.54, 1.807) is 23.9 Å². The highest BCUT2D eigenvalue weighted by molar-refractivity contribution is 5.92. The van der Waals surface area contributed by atoms with Gasteiger partial charge in [0.15, 0.2) is 0 Å². The highest BCUT2D eigenvalue weighted by Gasteiger charge is 2.23. The van der Waals surface area contributed by atoms with Crippen LogP contribution in [-0.4, -0.2) is 89.7 Å². The molecular weight excluding hydrogens is 398 g/mol. The smallest absolute Gasteiger partial charge is 0.274 e. The lowest BCUT2D eigenvalue weighted by atomic mass is 10.3. The molecule has 0 atom stereocenters. The lowest BCUT2D eigenvalue weighted by Gasteiger charge is -2.22. The Hall–Kier alpha value is -3.20. The number of carbonyl (C=O) groups is 2. The van der Waals surface area contributed by atoms with Crippen molar-refractivity contribution in [3.05, 3.63) is 58.5 Å². The maximum Gasteiger partial charge on any atom is 0.274 e. The van der Waals surface area contributed by atoms with Crippen LogP contribution in [0.4, 0.5) is 0 Å². The summed E-state index contributed by atoms with van der Waals surface area (Å²) in [7, 11) is 3.48. The van der Waals surface area contributed by atoms with Crippen LogP contribution in [0.3, 0.4) is 0 Å². The van der Waals surface area contributed by atoms with Gasteiger partial charge in [-0.1, -0.05) is 18.2 Å². The SMILES string of the molecule is CN(C)C(=O)CN1CCCN(C(=O)c2ccc(=O)n(CCOc3ccccc3)n2)CC1. The summed E-state index contributed by atoms with van der Waals surface area (Å²) in [5.74, 6) is 0.550. The molecule has 1 fully saturated rings. The summed E-state index contributed by atoms with van der Waals surface area (Å²) in [5, 5.41) is 4.26. The Morgan fingerprint density at radius 3 is 2.55 bits per heavy atom. The molecule has 9 nitrogen and oxygen atoms in total. The second-order valence-electron chi connectivity index (χ2n) is 7.65. The minimum atomic E-state index is -0.280. The van der Waals surface area contributed by atoms with E-state index in [4.69, 9.17) is 4.74 Å². The van der Waals surface area contributed by atoms with E-state index in [1.807, 2.05) is 30.3 Å². The minimum absolute atomic E-state index is 0.0474. The van der Waals surface area contributed by atoms with Gasteiger partial charge in [0.1, 0.15) is 18.1 Å². The molecule has 1 saturated heterocycles. The maximum atomic E-state index is 13.0. The van der Waals surface area contributed by atoms with E-state index >= 15 is 0 Å². The first-order valence-corrected chi connectivity index (χ1v) is 10.4. The molecule has 3 rings (SSSR count). The Bertz CT molecular complexity index is 944. The fourth-order valence-electron chi connectivity index (χ4n) is 3.32. The number of carbonyl (C=O) groups excluding carboxylic acids is 2. The summed E-state index contributed by atoms with van der Waals surface area (Å²) >= 11 is 0. The first kappa shape index (κ1) is 22.5. The van der Waals surface area contributed by atoms with Gasteiger partial charge in [0.05, 0.1) is 13.1 Å². The van der Waals surface area contributed by atoms with Gasteiger partial charge in [0, 0.05) is 46.3 Å². The topological polar surface area (TPSA) is 88.0 Å². The molecule has 0 aliphatic carbocycles. The van der Waals surface area contributed by atoms with Crippen molar-refractivity contribution >= 4 is 11.8 Å². The molecule has 1 aromatic carbocycles. The predicted octanol–water partition coefficient (Wildman–Crippen LogP) is 0.558. The lowest BCUT2D eigenvalue weighted by molar-refractivity contribution is -0.129. The Morgan fingerprint density at radius 2 is 1.81 bits per heavy atom. The monoisotopic (exact) mass is 427 g/mol. The summed E-state index contributed by atoms with van der Waals surface area (Å²) in [6.45, 7) is 3.34. The lowest BCUT2D eigenvalue weighted by Crippen LogP contribution is -2.40. The van der Waals surface area contributed by atoms with Gasteiger partial charge < -0.3 is 14.5 Å². The Balaban J connectivity index is 1.59. The van der Waals surface area contributed by atoms with Crippen LogP contribution in [0.25, 0.3) is 0 Å². The van der Waals surface area contributed by atoms with Gasteiger partial charge in [-0.15, -0.1) is 0 Å². The molecule has 0 spiro atoms. The highest BCUT2D eigenvalue weighted by Crippen LogP contribution is 2.09. The molecule has 9 heteroatoms. The van der Waals surface area contributed by atoms with E-state index in [2.05, 4.69) is 10.00 Å². The number of hydrogen-bond donors (Lipinski definition) is 0. The number of amides is 2. The molecule has 0 saturated carbocycles. The maximum absolute atomic E-state index is 13.0. The predicted molar refractivity (Wildman–Crippen MR) is 116 cm³/mol. The summed E-state index contributed by atoms with van der Waals surface area (Å²) in [5.41, 5.74) is -0.0467. The number of likely N-dealkylation sites (N-methyl/N-ethyl adjacent to an activating group) is 1. The van der Waals surface area contributed by atoms with Crippen molar-refractivity contribution in [1.29, 1.82) is 0 Å². The van der Waals surface area contributed by atoms with Gasteiger partial charge in [-0.2, -0.15) is 5.10 Å². The second kappa shape index (κ2) is 10.7. The van der Waals surface area contributed by atoms with Gasteiger partial charge in [-0.05, 0) is 24.6 Å². The molecule has 2 heterocycles. The number of para-hydroxylation sites is 1. The van der Waals surface area contributed by atoms with E-state index in [-0.39, 0.29) is 36.2 Å². The number of nitrogens with zero attached hydrogens (tertiary/aromatic N) is 5. The van der Waals surface area contributed by atoms with Crippen molar-refractivity contribution in [3.63, 3.8) is 0 Å². The summed E-state index contributed by atoms with van der Waals surface area (Å²) in [6.07, 6.45) is 0.775. The molecule has 0 bridgehead atoms. The Morgan fingerprint density at radius 1 is 1.03 bits per heavy atom. The van der Waals surface area contributed by atoms with E-state index in [9.17, 15) is 14.4 Å². The summed E-state index contributed by atoms with van der Waals surface area (Å²) < 4.78 is 6.89. The van der Waals surface area contributed by atoms with Gasteiger partial charge in [-0.25, -0.2) is 4.68 Å². The molecule has 0 radical (unpaired) electrons. The normalized spacial score (nSPS) is 14.7. The second-order valence-corrected chi connectivity index (χ2v) is 7.65. The van der Waals surface area contributed by atoms with Gasteiger partial charge in [0.25, 0.3) is 11.5 Å². The van der Waals surface area contributed by atoms with Crippen LogP contribution in [-0.2, 0) is 11.3 Å². The zero-order valence-electron chi connectivity index (χ0n) is 18.1. The molecule has 1 aliphatic heterocycles. The Kier molecular flexibility index (Phi) is 7.77. The number of hydrogen-bond acceptors (Lipinski definition) is 6. The van der Waals surface area contributed by atoms with Crippen molar-refractivity contribution in [3.8, 4) is 5.75 Å². The number of ether oxygens (including phenoxy) is 1. The van der Waals surface area contributed by atoms with Crippen molar-refractivity contribution in [2.45, 2.75) is 13.0 Å². The van der Waals surface area contributed by atoms with E-state index in [0.717, 1.165) is 13.0 Å². The Labute approximate surface area is 181 Å². The zero-order chi connectivity index (χ0) is 22.2. The third kappa shape index (κ3) is 6.39. The average Bonchev–Trinajstić information content (AvgIpc) is 3.01.